The van der Waals surface area contributed by atoms with Crippen LogP contribution in [0.25, 0.3) is 6.08 Å². The zero-order valence-corrected chi connectivity index (χ0v) is 22.6. The Bertz CT molecular complexity index is 1190. The van der Waals surface area contributed by atoms with Gasteiger partial charge in [-0.1, -0.05) is 18.2 Å². The number of carbonyl (C=O) groups excluding carboxylic acids is 3. The third-order valence-electron chi connectivity index (χ3n) is 6.82. The fourth-order valence-electron chi connectivity index (χ4n) is 4.77. The number of likely N-dealkylation sites (tertiary alicyclic amines) is 1. The van der Waals surface area contributed by atoms with E-state index in [1.54, 1.807) is 44.3 Å². The summed E-state index contributed by atoms with van der Waals surface area (Å²) in [5.41, 5.74) is 1.92. The van der Waals surface area contributed by atoms with Crippen molar-refractivity contribution in [3.05, 3.63) is 59.2 Å². The molecule has 2 heterocycles. The molecule has 3 unspecified atom stereocenters. The van der Waals surface area contributed by atoms with Crippen molar-refractivity contribution in [2.75, 3.05) is 26.3 Å². The second-order valence-electron chi connectivity index (χ2n) is 9.59. The van der Waals surface area contributed by atoms with Gasteiger partial charge in [0.25, 0.3) is 0 Å². The maximum Gasteiger partial charge on any atom is 0.331 e. The van der Waals surface area contributed by atoms with Crippen LogP contribution in [-0.4, -0.2) is 64.0 Å². The molecule has 10 heteroatoms. The highest BCUT2D eigenvalue weighted by molar-refractivity contribution is 7.81. The van der Waals surface area contributed by atoms with Crippen LogP contribution in [0.1, 0.15) is 62.9 Å². The van der Waals surface area contributed by atoms with Crippen molar-refractivity contribution in [2.24, 2.45) is 5.92 Å². The Morgan fingerprint density at radius 2 is 1.87 bits per heavy atom. The highest BCUT2D eigenvalue weighted by Gasteiger charge is 2.41. The maximum absolute atomic E-state index is 14.8. The first-order valence-corrected chi connectivity index (χ1v) is 13.6. The van der Waals surface area contributed by atoms with Crippen LogP contribution < -0.4 is 0 Å². The van der Waals surface area contributed by atoms with Crippen LogP contribution in [-0.2, 0) is 23.9 Å². The predicted molar refractivity (Wildman–Crippen MR) is 143 cm³/mol. The van der Waals surface area contributed by atoms with E-state index in [0.717, 1.165) is 18.4 Å². The number of thiol groups is 1. The summed E-state index contributed by atoms with van der Waals surface area (Å²) in [5, 5.41) is 4.46. The summed E-state index contributed by atoms with van der Waals surface area (Å²) in [6.45, 7) is 4.83. The van der Waals surface area contributed by atoms with Gasteiger partial charge in [-0.15, -0.1) is 0 Å². The largest absolute Gasteiger partial charge is 0.466 e. The first kappa shape index (κ1) is 28.0. The van der Waals surface area contributed by atoms with E-state index in [2.05, 4.69) is 5.10 Å². The molecule has 1 saturated carbocycles. The van der Waals surface area contributed by atoms with E-state index in [9.17, 15) is 18.8 Å². The van der Waals surface area contributed by atoms with Gasteiger partial charge >= 0.3 is 11.9 Å². The van der Waals surface area contributed by atoms with Crippen LogP contribution in [0.4, 0.5) is 4.39 Å². The quantitative estimate of drug-likeness (QED) is 0.336. The van der Waals surface area contributed by atoms with Crippen LogP contribution in [0.15, 0.2) is 42.1 Å². The molecule has 0 bridgehead atoms. The molecular weight excluding hydrogens is 509 g/mol. The molecule has 2 aliphatic rings. The summed E-state index contributed by atoms with van der Waals surface area (Å²) >= 11 is 4.76. The Kier molecular flexibility index (Phi) is 9.38. The molecule has 1 saturated heterocycles. The van der Waals surface area contributed by atoms with Crippen molar-refractivity contribution in [3.63, 3.8) is 0 Å². The Balaban J connectivity index is 1.57. The molecule has 3 atom stereocenters. The molecule has 0 N–H and O–H groups in total. The van der Waals surface area contributed by atoms with Crippen LogP contribution in [0.5, 0.6) is 0 Å². The fraction of sp³-hybridized carbons (Fsp3) is 0.500. The molecule has 8 nitrogen and oxygen atoms in total. The van der Waals surface area contributed by atoms with Crippen LogP contribution >= 0.6 is 12.6 Å². The molecular formula is C28H34FN3O5S. The minimum atomic E-state index is -0.947. The molecule has 2 fully saturated rings. The standard InChI is InChI=1S/C28H34FN3O5S/c1-3-36-25(33)16-23(28(35)37-4-2)32-14-11-20(30-32)15-19-17-31(13-12-24(19)38)26(27(34)18-9-10-18)21-7-5-6-8-22(21)29/h5-8,11,14-15,18,23-24,26,38H,3-4,9-10,12-13,16-17H2,1-2H3/b19-15+. The minimum Gasteiger partial charge on any atom is -0.466 e. The van der Waals surface area contributed by atoms with Gasteiger partial charge in [0, 0.05) is 36.0 Å². The van der Waals surface area contributed by atoms with E-state index in [0.29, 0.717) is 30.8 Å². The molecule has 38 heavy (non-hydrogen) atoms. The average Bonchev–Trinajstić information content (AvgIpc) is 3.65. The number of rotatable bonds is 11. The SMILES string of the molecule is CCOC(=O)CC(C(=O)OCC)n1ccc(/C=C2\CN(C(C(=O)C3CC3)c3ccccc3F)CCC2S)n1. The Labute approximate surface area is 227 Å². The van der Waals surface area contributed by atoms with E-state index in [-0.39, 0.29) is 42.4 Å². The first-order valence-electron chi connectivity index (χ1n) is 13.1. The summed E-state index contributed by atoms with van der Waals surface area (Å²) in [5.74, 6) is -1.41. The zero-order chi connectivity index (χ0) is 27.2. The number of ether oxygens (including phenoxy) is 2. The van der Waals surface area contributed by atoms with E-state index in [1.807, 2.05) is 11.0 Å². The number of ketones is 1. The lowest BCUT2D eigenvalue weighted by atomic mass is 9.93. The van der Waals surface area contributed by atoms with Crippen molar-refractivity contribution >= 4 is 36.4 Å². The molecule has 1 aliphatic carbocycles. The lowest BCUT2D eigenvalue weighted by Crippen LogP contribution is -2.42. The van der Waals surface area contributed by atoms with Crippen LogP contribution in [0, 0.1) is 11.7 Å². The maximum atomic E-state index is 14.8. The molecule has 0 spiro atoms. The van der Waals surface area contributed by atoms with Gasteiger partial charge in [0.2, 0.25) is 0 Å². The van der Waals surface area contributed by atoms with Gasteiger partial charge in [-0.3, -0.25) is 19.2 Å². The van der Waals surface area contributed by atoms with Gasteiger partial charge in [-0.2, -0.15) is 17.7 Å². The van der Waals surface area contributed by atoms with E-state index < -0.39 is 24.0 Å². The fourth-order valence-corrected chi connectivity index (χ4v) is 5.04. The van der Waals surface area contributed by atoms with E-state index in [1.165, 1.54) is 10.7 Å². The molecule has 0 radical (unpaired) electrons. The highest BCUT2D eigenvalue weighted by Crippen LogP contribution is 2.39. The topological polar surface area (TPSA) is 90.7 Å². The van der Waals surface area contributed by atoms with E-state index in [4.69, 9.17) is 22.1 Å². The van der Waals surface area contributed by atoms with Crippen molar-refractivity contribution in [2.45, 2.75) is 56.9 Å². The number of Topliss-reactive ketones (excluding diaryl/α,β-unsaturated/α-hetero) is 1. The number of hydrogen-bond acceptors (Lipinski definition) is 8. The van der Waals surface area contributed by atoms with Crippen molar-refractivity contribution in [1.29, 1.82) is 0 Å². The molecule has 2 aromatic rings. The number of piperidine rings is 1. The lowest BCUT2D eigenvalue weighted by Gasteiger charge is -2.37. The van der Waals surface area contributed by atoms with Crippen molar-refractivity contribution < 1.29 is 28.2 Å². The normalized spacial score (nSPS) is 20.6. The Hall–Kier alpha value is -2.98. The lowest BCUT2D eigenvalue weighted by molar-refractivity contribution is -0.154. The zero-order valence-electron chi connectivity index (χ0n) is 21.7. The van der Waals surface area contributed by atoms with Crippen molar-refractivity contribution in [3.8, 4) is 0 Å². The van der Waals surface area contributed by atoms with Crippen LogP contribution in [0.2, 0.25) is 0 Å². The number of carbonyl (C=O) groups is 3. The summed E-state index contributed by atoms with van der Waals surface area (Å²) < 4.78 is 26.4. The second kappa shape index (κ2) is 12.7. The summed E-state index contributed by atoms with van der Waals surface area (Å²) in [7, 11) is 0. The number of esters is 2. The Morgan fingerprint density at radius 1 is 1.13 bits per heavy atom. The number of halogens is 1. The molecule has 1 aliphatic heterocycles. The van der Waals surface area contributed by atoms with Crippen molar-refractivity contribution in [1.82, 2.24) is 14.7 Å². The predicted octanol–water partition coefficient (Wildman–Crippen LogP) is 4.19. The number of benzene rings is 1. The molecule has 4 rings (SSSR count). The van der Waals surface area contributed by atoms with Crippen LogP contribution in [0.3, 0.4) is 0 Å². The monoisotopic (exact) mass is 543 g/mol. The van der Waals surface area contributed by atoms with Gasteiger partial charge in [0.15, 0.2) is 11.8 Å². The van der Waals surface area contributed by atoms with Gasteiger partial charge in [0.05, 0.1) is 31.4 Å². The van der Waals surface area contributed by atoms with Gasteiger partial charge in [-0.25, -0.2) is 9.18 Å². The summed E-state index contributed by atoms with van der Waals surface area (Å²) in [6, 6.07) is 6.63. The minimum absolute atomic E-state index is 0.0179. The summed E-state index contributed by atoms with van der Waals surface area (Å²) in [6.07, 6.45) is 5.70. The smallest absolute Gasteiger partial charge is 0.331 e. The van der Waals surface area contributed by atoms with Gasteiger partial charge in [0.1, 0.15) is 5.82 Å². The number of hydrogen-bond donors (Lipinski definition) is 1. The molecule has 204 valence electrons. The summed E-state index contributed by atoms with van der Waals surface area (Å²) in [4.78, 5) is 40.0. The number of nitrogens with zero attached hydrogens (tertiary/aromatic N) is 3. The molecule has 1 aromatic carbocycles. The molecule has 0 amide bonds. The van der Waals surface area contributed by atoms with Gasteiger partial charge < -0.3 is 9.47 Å². The molecule has 1 aromatic heterocycles. The average molecular weight is 544 g/mol. The Morgan fingerprint density at radius 3 is 2.55 bits per heavy atom. The first-order chi connectivity index (χ1) is 18.3. The second-order valence-corrected chi connectivity index (χ2v) is 10.2. The number of aromatic nitrogens is 2. The van der Waals surface area contributed by atoms with E-state index >= 15 is 0 Å². The highest BCUT2D eigenvalue weighted by atomic mass is 32.1. The van der Waals surface area contributed by atoms with Gasteiger partial charge in [-0.05, 0) is 56.9 Å². The third-order valence-corrected chi connectivity index (χ3v) is 7.41. The third kappa shape index (κ3) is 6.71.